The minimum absolute atomic E-state index is 0. The monoisotopic (exact) mass is 463 g/mol. The van der Waals surface area contributed by atoms with Gasteiger partial charge in [-0.25, -0.2) is 0 Å². The Morgan fingerprint density at radius 1 is 1.20 bits per heavy atom. The van der Waals surface area contributed by atoms with E-state index in [1.165, 1.54) is 30.5 Å². The van der Waals surface area contributed by atoms with Crippen molar-refractivity contribution in [1.29, 1.82) is 0 Å². The molecule has 0 bridgehead atoms. The summed E-state index contributed by atoms with van der Waals surface area (Å²) in [5.41, 5.74) is 3.68. The predicted molar refractivity (Wildman–Crippen MR) is 119 cm³/mol. The Morgan fingerprint density at radius 3 is 2.40 bits per heavy atom. The second-order valence-corrected chi connectivity index (χ2v) is 7.15. The van der Waals surface area contributed by atoms with Crippen LogP contribution >= 0.6 is 24.0 Å². The molecule has 1 unspecified atom stereocenters. The molecule has 0 aliphatic carbocycles. The van der Waals surface area contributed by atoms with Crippen molar-refractivity contribution in [2.24, 2.45) is 18.0 Å². The van der Waals surface area contributed by atoms with Gasteiger partial charge in [-0.2, -0.15) is 5.10 Å². The number of nitrogens with zero attached hydrogens (tertiary/aromatic N) is 3. The van der Waals surface area contributed by atoms with Crippen molar-refractivity contribution in [1.82, 2.24) is 20.4 Å². The van der Waals surface area contributed by atoms with E-state index < -0.39 is 0 Å². The Labute approximate surface area is 171 Å². The zero-order valence-electron chi connectivity index (χ0n) is 17.1. The highest BCUT2D eigenvalue weighted by Gasteiger charge is 2.09. The van der Waals surface area contributed by atoms with Crippen molar-refractivity contribution in [3.8, 4) is 0 Å². The lowest BCUT2D eigenvalue weighted by Crippen LogP contribution is -2.42. The van der Waals surface area contributed by atoms with Crippen LogP contribution in [0.4, 0.5) is 0 Å². The molecule has 0 radical (unpaired) electrons. The van der Waals surface area contributed by atoms with E-state index in [2.05, 4.69) is 57.3 Å². The highest BCUT2D eigenvalue weighted by molar-refractivity contribution is 14.0. The quantitative estimate of drug-likeness (QED) is 0.331. The number of hydrogen-bond acceptors (Lipinski definition) is 2. The normalized spacial score (nSPS) is 12.9. The summed E-state index contributed by atoms with van der Waals surface area (Å²) in [7, 11) is 2.00. The second kappa shape index (κ2) is 12.5. The van der Waals surface area contributed by atoms with Crippen LogP contribution in [0.3, 0.4) is 0 Å². The lowest BCUT2D eigenvalue weighted by molar-refractivity contribution is 0.491. The molecule has 0 aromatic carbocycles. The van der Waals surface area contributed by atoms with Crippen LogP contribution in [0.15, 0.2) is 4.99 Å². The number of aryl methyl sites for hydroxylation is 2. The van der Waals surface area contributed by atoms with Crippen molar-refractivity contribution >= 4 is 29.9 Å². The van der Waals surface area contributed by atoms with Gasteiger partial charge >= 0.3 is 0 Å². The van der Waals surface area contributed by atoms with E-state index in [9.17, 15) is 0 Å². The average molecular weight is 463 g/mol. The fourth-order valence-corrected chi connectivity index (χ4v) is 2.92. The standard InChI is InChI=1S/C19H37N5.HI/c1-8-20-19(22-15(4)11-9-10-14(2)3)21-13-12-18-16(5)23-24(7)17(18)6;/h14-15H,8-13H2,1-7H3,(H2,20,21,22);1H. The van der Waals surface area contributed by atoms with E-state index >= 15 is 0 Å². The summed E-state index contributed by atoms with van der Waals surface area (Å²) < 4.78 is 1.95. The molecule has 5 nitrogen and oxygen atoms in total. The van der Waals surface area contributed by atoms with E-state index in [4.69, 9.17) is 4.99 Å². The van der Waals surface area contributed by atoms with Gasteiger partial charge in [0.1, 0.15) is 0 Å². The zero-order chi connectivity index (χ0) is 18.1. The fraction of sp³-hybridized carbons (Fsp3) is 0.789. The summed E-state index contributed by atoms with van der Waals surface area (Å²) in [4.78, 5) is 4.74. The molecule has 25 heavy (non-hydrogen) atoms. The lowest BCUT2D eigenvalue weighted by atomic mass is 10.0. The van der Waals surface area contributed by atoms with Crippen LogP contribution in [0.25, 0.3) is 0 Å². The van der Waals surface area contributed by atoms with Gasteiger partial charge in [-0.1, -0.05) is 26.7 Å². The van der Waals surface area contributed by atoms with Crippen molar-refractivity contribution < 1.29 is 0 Å². The third-order valence-corrected chi connectivity index (χ3v) is 4.44. The predicted octanol–water partition coefficient (Wildman–Crippen LogP) is 3.97. The van der Waals surface area contributed by atoms with Gasteiger partial charge < -0.3 is 10.6 Å². The molecular weight excluding hydrogens is 425 g/mol. The number of halogens is 1. The molecule has 0 amide bonds. The van der Waals surface area contributed by atoms with Gasteiger partial charge in [-0.05, 0) is 52.0 Å². The van der Waals surface area contributed by atoms with E-state index in [1.807, 2.05) is 11.7 Å². The largest absolute Gasteiger partial charge is 0.357 e. The molecule has 0 spiro atoms. The average Bonchev–Trinajstić information content (AvgIpc) is 2.73. The van der Waals surface area contributed by atoms with E-state index in [-0.39, 0.29) is 24.0 Å². The van der Waals surface area contributed by atoms with Crippen LogP contribution in [0, 0.1) is 19.8 Å². The minimum atomic E-state index is 0. The van der Waals surface area contributed by atoms with Gasteiger partial charge in [0, 0.05) is 31.9 Å². The van der Waals surface area contributed by atoms with Gasteiger partial charge in [0.2, 0.25) is 0 Å². The Kier molecular flexibility index (Phi) is 12.1. The maximum atomic E-state index is 4.74. The Morgan fingerprint density at radius 2 is 1.88 bits per heavy atom. The second-order valence-electron chi connectivity index (χ2n) is 7.15. The molecule has 6 heteroatoms. The van der Waals surface area contributed by atoms with E-state index in [0.717, 1.165) is 37.1 Å². The first-order valence-corrected chi connectivity index (χ1v) is 9.39. The van der Waals surface area contributed by atoms with Crippen molar-refractivity contribution in [3.05, 3.63) is 17.0 Å². The van der Waals surface area contributed by atoms with Crippen molar-refractivity contribution in [3.63, 3.8) is 0 Å². The highest BCUT2D eigenvalue weighted by atomic mass is 127. The third-order valence-electron chi connectivity index (χ3n) is 4.44. The van der Waals surface area contributed by atoms with Gasteiger partial charge in [0.05, 0.1) is 5.69 Å². The zero-order valence-corrected chi connectivity index (χ0v) is 19.5. The lowest BCUT2D eigenvalue weighted by Gasteiger charge is -2.18. The molecule has 0 aliphatic heterocycles. The van der Waals surface area contributed by atoms with Gasteiger partial charge in [0.15, 0.2) is 5.96 Å². The summed E-state index contributed by atoms with van der Waals surface area (Å²) in [6.07, 6.45) is 4.67. The molecule has 0 saturated carbocycles. The first-order valence-electron chi connectivity index (χ1n) is 9.39. The molecule has 1 aromatic rings. The van der Waals surface area contributed by atoms with Crippen LogP contribution in [0.5, 0.6) is 0 Å². The number of aromatic nitrogens is 2. The summed E-state index contributed by atoms with van der Waals surface area (Å²) >= 11 is 0. The number of guanidine groups is 1. The topological polar surface area (TPSA) is 54.2 Å². The molecule has 0 saturated heterocycles. The molecule has 1 aromatic heterocycles. The first-order chi connectivity index (χ1) is 11.3. The Bertz CT molecular complexity index is 522. The molecular formula is C19H38IN5. The summed E-state index contributed by atoms with van der Waals surface area (Å²) in [5.74, 6) is 1.71. The van der Waals surface area contributed by atoms with Gasteiger partial charge in [0.25, 0.3) is 0 Å². The van der Waals surface area contributed by atoms with Crippen LogP contribution < -0.4 is 10.6 Å². The maximum Gasteiger partial charge on any atom is 0.191 e. The number of nitrogens with one attached hydrogen (secondary N) is 2. The van der Waals surface area contributed by atoms with E-state index in [0.29, 0.717) is 6.04 Å². The Hall–Kier alpha value is -0.790. The Balaban J connectivity index is 0.00000576. The highest BCUT2D eigenvalue weighted by Crippen LogP contribution is 2.12. The molecule has 1 atom stereocenters. The van der Waals surface area contributed by atoms with Gasteiger partial charge in [-0.15, -0.1) is 24.0 Å². The molecule has 1 heterocycles. The summed E-state index contributed by atoms with van der Waals surface area (Å²) in [6, 6.07) is 0.448. The van der Waals surface area contributed by atoms with E-state index in [1.54, 1.807) is 0 Å². The van der Waals surface area contributed by atoms with Crippen LogP contribution in [-0.4, -0.2) is 34.9 Å². The van der Waals surface area contributed by atoms with Gasteiger partial charge in [-0.3, -0.25) is 9.67 Å². The molecule has 2 N–H and O–H groups in total. The minimum Gasteiger partial charge on any atom is -0.357 e. The maximum absolute atomic E-state index is 4.74. The van der Waals surface area contributed by atoms with Crippen LogP contribution in [-0.2, 0) is 13.5 Å². The van der Waals surface area contributed by atoms with Crippen LogP contribution in [0.1, 0.15) is 63.9 Å². The smallest absolute Gasteiger partial charge is 0.191 e. The van der Waals surface area contributed by atoms with Crippen LogP contribution in [0.2, 0.25) is 0 Å². The van der Waals surface area contributed by atoms with Crippen molar-refractivity contribution in [2.75, 3.05) is 13.1 Å². The number of hydrogen-bond donors (Lipinski definition) is 2. The molecule has 0 fully saturated rings. The third kappa shape index (κ3) is 8.92. The molecule has 1 rings (SSSR count). The molecule has 146 valence electrons. The first kappa shape index (κ1) is 24.2. The van der Waals surface area contributed by atoms with Crippen molar-refractivity contribution in [2.45, 2.75) is 73.3 Å². The SMILES string of the molecule is CCNC(=NCCc1c(C)nn(C)c1C)NC(C)CCCC(C)C.I. The number of rotatable bonds is 9. The summed E-state index contributed by atoms with van der Waals surface area (Å²) in [6.45, 7) is 14.8. The summed E-state index contributed by atoms with van der Waals surface area (Å²) in [5, 5.41) is 11.4. The fourth-order valence-electron chi connectivity index (χ4n) is 2.92. The number of aliphatic imine (C=N–C) groups is 1. The molecule has 0 aliphatic rings.